The third-order valence-electron chi connectivity index (χ3n) is 4.11. The summed E-state index contributed by atoms with van der Waals surface area (Å²) in [7, 11) is 0. The van der Waals surface area contributed by atoms with Crippen molar-refractivity contribution < 1.29 is 9.53 Å². The van der Waals surface area contributed by atoms with Gasteiger partial charge in [0, 0.05) is 11.4 Å². The van der Waals surface area contributed by atoms with Crippen molar-refractivity contribution in [2.24, 2.45) is 0 Å². The quantitative estimate of drug-likeness (QED) is 0.664. The molecule has 0 spiro atoms. The zero-order valence-electron chi connectivity index (χ0n) is 13.1. The number of hydrogen-bond acceptors (Lipinski definition) is 2. The van der Waals surface area contributed by atoms with Gasteiger partial charge in [0.25, 0.3) is 5.91 Å². The molecule has 0 radical (unpaired) electrons. The molecule has 24 heavy (non-hydrogen) atoms. The Balaban J connectivity index is 1.64. The van der Waals surface area contributed by atoms with E-state index in [9.17, 15) is 4.79 Å². The van der Waals surface area contributed by atoms with Crippen molar-refractivity contribution in [3.05, 3.63) is 96.6 Å². The number of rotatable bonds is 4. The zero-order valence-corrected chi connectivity index (χ0v) is 13.1. The Labute approximate surface area is 141 Å². The molecule has 1 aliphatic heterocycles. The van der Waals surface area contributed by atoms with E-state index in [1.54, 1.807) is 4.90 Å². The molecule has 4 rings (SSSR count). The number of nitrogens with zero attached hydrogens (tertiary/aromatic N) is 1. The van der Waals surface area contributed by atoms with Crippen LogP contribution in [0.15, 0.2) is 91.0 Å². The standard InChI is InChI=1S/C21H17NO2/c23-21(20-19(24-20)16-10-4-1-5-11-16)22(17-12-6-2-7-13-17)18-14-8-3-9-15-18/h1-15,19-20H/t19-,20+/m0/s1. The second-order valence-corrected chi connectivity index (χ2v) is 5.73. The molecule has 118 valence electrons. The van der Waals surface area contributed by atoms with E-state index in [4.69, 9.17) is 4.74 Å². The third-order valence-corrected chi connectivity index (χ3v) is 4.11. The topological polar surface area (TPSA) is 32.8 Å². The fourth-order valence-corrected chi connectivity index (χ4v) is 2.88. The summed E-state index contributed by atoms with van der Waals surface area (Å²) in [6.07, 6.45) is -0.596. The minimum absolute atomic E-state index is 0.0405. The average molecular weight is 315 g/mol. The van der Waals surface area contributed by atoms with Crippen molar-refractivity contribution in [3.8, 4) is 0 Å². The van der Waals surface area contributed by atoms with E-state index in [0.29, 0.717) is 0 Å². The predicted octanol–water partition coefficient (Wildman–Crippen LogP) is 4.49. The Bertz CT molecular complexity index is 779. The lowest BCUT2D eigenvalue weighted by Crippen LogP contribution is -2.30. The van der Waals surface area contributed by atoms with Gasteiger partial charge in [-0.2, -0.15) is 0 Å². The molecule has 0 unspecified atom stereocenters. The van der Waals surface area contributed by atoms with Gasteiger partial charge in [-0.15, -0.1) is 0 Å². The minimum atomic E-state index is -0.437. The monoisotopic (exact) mass is 315 g/mol. The van der Waals surface area contributed by atoms with Gasteiger partial charge in [-0.05, 0) is 29.8 Å². The van der Waals surface area contributed by atoms with Crippen molar-refractivity contribution in [1.29, 1.82) is 0 Å². The van der Waals surface area contributed by atoms with Gasteiger partial charge in [0.1, 0.15) is 6.10 Å². The highest BCUT2D eigenvalue weighted by Crippen LogP contribution is 2.41. The Hall–Kier alpha value is -2.91. The largest absolute Gasteiger partial charge is 0.354 e. The molecule has 0 aliphatic carbocycles. The van der Waals surface area contributed by atoms with E-state index in [1.165, 1.54) is 0 Å². The van der Waals surface area contributed by atoms with E-state index in [2.05, 4.69) is 0 Å². The number of amides is 1. The van der Waals surface area contributed by atoms with Gasteiger partial charge in [-0.25, -0.2) is 0 Å². The van der Waals surface area contributed by atoms with Crippen LogP contribution < -0.4 is 4.90 Å². The molecular formula is C21H17NO2. The van der Waals surface area contributed by atoms with Gasteiger partial charge in [-0.1, -0.05) is 66.7 Å². The lowest BCUT2D eigenvalue weighted by molar-refractivity contribution is -0.119. The Morgan fingerprint density at radius 1 is 0.708 bits per heavy atom. The van der Waals surface area contributed by atoms with Gasteiger partial charge in [-0.3, -0.25) is 9.69 Å². The van der Waals surface area contributed by atoms with Crippen LogP contribution in [0.1, 0.15) is 11.7 Å². The van der Waals surface area contributed by atoms with Gasteiger partial charge in [0.05, 0.1) is 0 Å². The first-order valence-electron chi connectivity index (χ1n) is 7.99. The van der Waals surface area contributed by atoms with Crippen molar-refractivity contribution in [2.75, 3.05) is 4.90 Å². The molecule has 3 aromatic rings. The molecule has 1 fully saturated rings. The van der Waals surface area contributed by atoms with E-state index in [-0.39, 0.29) is 12.0 Å². The molecule has 1 heterocycles. The van der Waals surface area contributed by atoms with Crippen LogP contribution in [0.4, 0.5) is 11.4 Å². The maximum absolute atomic E-state index is 13.1. The van der Waals surface area contributed by atoms with Crippen molar-refractivity contribution >= 4 is 17.3 Å². The second kappa shape index (κ2) is 6.30. The summed E-state index contributed by atoms with van der Waals surface area (Å²) in [6, 6.07) is 29.2. The van der Waals surface area contributed by atoms with Crippen LogP contribution >= 0.6 is 0 Å². The molecule has 1 saturated heterocycles. The number of carbonyl (C=O) groups excluding carboxylic acids is 1. The van der Waals surface area contributed by atoms with Crippen molar-refractivity contribution in [2.45, 2.75) is 12.2 Å². The molecular weight excluding hydrogens is 298 g/mol. The summed E-state index contributed by atoms with van der Waals surface area (Å²) in [4.78, 5) is 14.8. The normalized spacial score (nSPS) is 18.8. The maximum atomic E-state index is 13.1. The van der Waals surface area contributed by atoms with Crippen LogP contribution in [0.25, 0.3) is 0 Å². The number of ether oxygens (including phenoxy) is 1. The molecule has 0 aromatic heterocycles. The number of para-hydroxylation sites is 2. The van der Waals surface area contributed by atoms with Crippen molar-refractivity contribution in [1.82, 2.24) is 0 Å². The Morgan fingerprint density at radius 3 is 1.67 bits per heavy atom. The van der Waals surface area contributed by atoms with E-state index in [1.807, 2.05) is 91.0 Å². The van der Waals surface area contributed by atoms with E-state index in [0.717, 1.165) is 16.9 Å². The summed E-state index contributed by atoms with van der Waals surface area (Å²) in [5.41, 5.74) is 2.73. The van der Waals surface area contributed by atoms with Gasteiger partial charge in [0.15, 0.2) is 6.10 Å². The molecule has 0 bridgehead atoms. The molecule has 3 nitrogen and oxygen atoms in total. The molecule has 3 heteroatoms. The summed E-state index contributed by atoms with van der Waals surface area (Å²) in [5.74, 6) is -0.0405. The highest BCUT2D eigenvalue weighted by molar-refractivity contribution is 6.04. The number of carbonyl (C=O) groups is 1. The Morgan fingerprint density at radius 2 is 1.17 bits per heavy atom. The lowest BCUT2D eigenvalue weighted by atomic mass is 10.1. The van der Waals surface area contributed by atoms with E-state index < -0.39 is 6.10 Å². The molecule has 1 amide bonds. The minimum Gasteiger partial charge on any atom is -0.354 e. The first kappa shape index (κ1) is 14.7. The van der Waals surface area contributed by atoms with Crippen molar-refractivity contribution in [3.63, 3.8) is 0 Å². The second-order valence-electron chi connectivity index (χ2n) is 5.73. The van der Waals surface area contributed by atoms with Crippen LogP contribution in [-0.2, 0) is 9.53 Å². The van der Waals surface area contributed by atoms with Crippen LogP contribution in [0.2, 0.25) is 0 Å². The van der Waals surface area contributed by atoms with E-state index >= 15 is 0 Å². The summed E-state index contributed by atoms with van der Waals surface area (Å²) in [6.45, 7) is 0. The summed E-state index contributed by atoms with van der Waals surface area (Å²) < 4.78 is 5.70. The summed E-state index contributed by atoms with van der Waals surface area (Å²) >= 11 is 0. The van der Waals surface area contributed by atoms with Gasteiger partial charge in [0.2, 0.25) is 0 Å². The predicted molar refractivity (Wildman–Crippen MR) is 94.1 cm³/mol. The molecule has 0 saturated carbocycles. The number of benzene rings is 3. The highest BCUT2D eigenvalue weighted by Gasteiger charge is 2.48. The number of hydrogen-bond donors (Lipinski definition) is 0. The van der Waals surface area contributed by atoms with Crippen LogP contribution in [0.5, 0.6) is 0 Å². The fourth-order valence-electron chi connectivity index (χ4n) is 2.88. The lowest BCUT2D eigenvalue weighted by Gasteiger charge is -2.22. The van der Waals surface area contributed by atoms with Crippen LogP contribution in [0, 0.1) is 0 Å². The maximum Gasteiger partial charge on any atom is 0.263 e. The Kier molecular flexibility index (Phi) is 3.85. The van der Waals surface area contributed by atoms with Gasteiger partial charge < -0.3 is 4.74 Å². The molecule has 3 aromatic carbocycles. The zero-order chi connectivity index (χ0) is 16.4. The molecule has 0 N–H and O–H groups in total. The SMILES string of the molecule is O=C([C@@H]1O[C@H]1c1ccccc1)N(c1ccccc1)c1ccccc1. The first-order chi connectivity index (χ1) is 11.8. The average Bonchev–Trinajstić information content (AvgIpc) is 3.45. The molecule has 1 aliphatic rings. The van der Waals surface area contributed by atoms with Crippen LogP contribution in [0.3, 0.4) is 0 Å². The number of epoxide rings is 1. The molecule has 2 atom stereocenters. The first-order valence-corrected chi connectivity index (χ1v) is 7.99. The van der Waals surface area contributed by atoms with Crippen LogP contribution in [-0.4, -0.2) is 12.0 Å². The fraction of sp³-hybridized carbons (Fsp3) is 0.0952. The summed E-state index contributed by atoms with van der Waals surface area (Å²) in [5, 5.41) is 0. The van der Waals surface area contributed by atoms with Gasteiger partial charge >= 0.3 is 0 Å². The smallest absolute Gasteiger partial charge is 0.263 e. The number of anilines is 2. The third kappa shape index (κ3) is 2.82. The highest BCUT2D eigenvalue weighted by atomic mass is 16.6.